The van der Waals surface area contributed by atoms with Crippen LogP contribution >= 0.6 is 11.8 Å². The first-order valence-electron chi connectivity index (χ1n) is 14.4. The summed E-state index contributed by atoms with van der Waals surface area (Å²) < 4.78 is -0.613. The van der Waals surface area contributed by atoms with E-state index in [1.165, 1.54) is 0 Å². The van der Waals surface area contributed by atoms with Crippen LogP contribution in [0.25, 0.3) is 0 Å². The fourth-order valence-electron chi connectivity index (χ4n) is 6.85. The van der Waals surface area contributed by atoms with E-state index in [2.05, 4.69) is 36.3 Å². The Bertz CT molecular complexity index is 1000. The minimum absolute atomic E-state index is 0.0512. The van der Waals surface area contributed by atoms with Crippen molar-refractivity contribution in [2.45, 2.75) is 75.8 Å². The standard InChI is InChI=1S/C29H44N4O4S/c1-5-15-30-26(35)23-22-18-19(4)29(38-22)24(23)28(37)33(16-9-8-10-17-34)25(29)27(36)31-20-11-13-21(14-12-20)32(6-2)7-3/h11-14,19,22-25,34H,5-10,15-18H2,1-4H3,(H,30,35)(H,31,36)/t19?,22-,23+,24+,25?,29?/m1/s1. The lowest BCUT2D eigenvalue weighted by Crippen LogP contribution is -2.55. The van der Waals surface area contributed by atoms with Gasteiger partial charge < -0.3 is 25.5 Å². The number of fused-ring (bicyclic) bond motifs is 1. The lowest BCUT2D eigenvalue weighted by Gasteiger charge is -2.38. The number of carbonyl (C=O) groups is 3. The number of anilines is 2. The molecule has 0 aromatic heterocycles. The molecule has 9 heteroatoms. The van der Waals surface area contributed by atoms with Gasteiger partial charge in [0.15, 0.2) is 0 Å². The maximum Gasteiger partial charge on any atom is 0.248 e. The third kappa shape index (κ3) is 5.04. The number of unbranched alkanes of at least 4 members (excludes halogenated alkanes) is 2. The van der Waals surface area contributed by atoms with E-state index in [9.17, 15) is 19.5 Å². The zero-order chi connectivity index (χ0) is 27.4. The number of nitrogens with one attached hydrogen (secondary N) is 2. The molecule has 38 heavy (non-hydrogen) atoms. The van der Waals surface area contributed by atoms with Crippen LogP contribution in [0.15, 0.2) is 24.3 Å². The molecule has 210 valence electrons. The average Bonchev–Trinajstić information content (AvgIpc) is 3.50. The number of hydrogen-bond donors (Lipinski definition) is 3. The van der Waals surface area contributed by atoms with Crippen molar-refractivity contribution in [3.05, 3.63) is 24.3 Å². The molecule has 3 fully saturated rings. The van der Waals surface area contributed by atoms with Gasteiger partial charge in [-0.25, -0.2) is 0 Å². The van der Waals surface area contributed by atoms with Gasteiger partial charge in [0.1, 0.15) is 6.04 Å². The molecule has 3 aliphatic heterocycles. The van der Waals surface area contributed by atoms with Gasteiger partial charge in [0.05, 0.1) is 16.6 Å². The molecule has 3 heterocycles. The number of hydrogen-bond acceptors (Lipinski definition) is 6. The Balaban J connectivity index is 1.62. The minimum Gasteiger partial charge on any atom is -0.396 e. The van der Waals surface area contributed by atoms with E-state index < -0.39 is 22.6 Å². The van der Waals surface area contributed by atoms with Crippen LogP contribution in [0.3, 0.4) is 0 Å². The van der Waals surface area contributed by atoms with Crippen LogP contribution in [0.2, 0.25) is 0 Å². The average molecular weight is 545 g/mol. The zero-order valence-electron chi connectivity index (χ0n) is 23.2. The molecule has 0 radical (unpaired) electrons. The van der Waals surface area contributed by atoms with Crippen LogP contribution in [0.4, 0.5) is 11.4 Å². The lowest BCUT2D eigenvalue weighted by molar-refractivity contribution is -0.139. The fraction of sp³-hybridized carbons (Fsp3) is 0.690. The summed E-state index contributed by atoms with van der Waals surface area (Å²) in [6.07, 6.45) is 3.84. The molecule has 2 bridgehead atoms. The predicted molar refractivity (Wildman–Crippen MR) is 153 cm³/mol. The molecule has 1 aromatic rings. The van der Waals surface area contributed by atoms with Crippen molar-refractivity contribution in [2.24, 2.45) is 17.8 Å². The first-order valence-corrected chi connectivity index (χ1v) is 15.2. The summed E-state index contributed by atoms with van der Waals surface area (Å²) >= 11 is 1.71. The van der Waals surface area contributed by atoms with Crippen molar-refractivity contribution in [1.82, 2.24) is 10.2 Å². The monoisotopic (exact) mass is 544 g/mol. The Morgan fingerprint density at radius 2 is 1.82 bits per heavy atom. The second kappa shape index (κ2) is 12.3. The summed E-state index contributed by atoms with van der Waals surface area (Å²) in [5.41, 5.74) is 1.81. The van der Waals surface area contributed by atoms with E-state index in [0.717, 1.165) is 38.0 Å². The molecule has 6 atom stereocenters. The number of aliphatic hydroxyl groups excluding tert-OH is 1. The fourth-order valence-corrected chi connectivity index (χ4v) is 9.27. The van der Waals surface area contributed by atoms with Gasteiger partial charge in [0.2, 0.25) is 17.7 Å². The molecule has 3 N–H and O–H groups in total. The Labute approximate surface area is 231 Å². The molecule has 3 saturated heterocycles. The van der Waals surface area contributed by atoms with Crippen molar-refractivity contribution in [3.63, 3.8) is 0 Å². The van der Waals surface area contributed by atoms with Crippen molar-refractivity contribution >= 4 is 40.9 Å². The van der Waals surface area contributed by atoms with Crippen LogP contribution in [0.1, 0.15) is 59.8 Å². The smallest absolute Gasteiger partial charge is 0.248 e. The number of rotatable bonds is 13. The molecule has 8 nitrogen and oxygen atoms in total. The molecule has 3 unspecified atom stereocenters. The Hall–Kier alpha value is -2.26. The Morgan fingerprint density at radius 3 is 2.45 bits per heavy atom. The van der Waals surface area contributed by atoms with Crippen molar-refractivity contribution in [3.8, 4) is 0 Å². The van der Waals surface area contributed by atoms with Gasteiger partial charge >= 0.3 is 0 Å². The molecule has 1 aromatic carbocycles. The lowest BCUT2D eigenvalue weighted by atomic mass is 9.66. The SMILES string of the molecule is CCCNC(=O)[C@@H]1[C@H]2C(=O)N(CCCCCO)C(C(=O)Nc3ccc(N(CC)CC)cc3)C23S[C@@H]1CC3C. The first kappa shape index (κ1) is 28.7. The summed E-state index contributed by atoms with van der Waals surface area (Å²) in [6, 6.07) is 7.25. The molecular formula is C29H44N4O4S. The van der Waals surface area contributed by atoms with E-state index in [1.54, 1.807) is 16.7 Å². The second-order valence-corrected chi connectivity index (χ2v) is 12.4. The zero-order valence-corrected chi connectivity index (χ0v) is 24.1. The van der Waals surface area contributed by atoms with Gasteiger partial charge in [-0.05, 0) is 76.1 Å². The summed E-state index contributed by atoms with van der Waals surface area (Å²) in [4.78, 5) is 45.3. The molecule has 3 aliphatic rings. The minimum atomic E-state index is -0.634. The normalized spacial score (nSPS) is 29.4. The maximum absolute atomic E-state index is 14.0. The molecule has 1 spiro atoms. The van der Waals surface area contributed by atoms with Gasteiger partial charge in [-0.15, -0.1) is 11.8 Å². The van der Waals surface area contributed by atoms with Crippen molar-refractivity contribution < 1.29 is 19.5 Å². The second-order valence-electron chi connectivity index (χ2n) is 10.9. The highest BCUT2D eigenvalue weighted by atomic mass is 32.2. The highest BCUT2D eigenvalue weighted by Crippen LogP contribution is 2.68. The molecule has 3 amide bonds. The quantitative estimate of drug-likeness (QED) is 0.329. The van der Waals surface area contributed by atoms with Crippen molar-refractivity contribution in [1.29, 1.82) is 0 Å². The summed E-state index contributed by atoms with van der Waals surface area (Å²) in [6.45, 7) is 11.4. The van der Waals surface area contributed by atoms with E-state index in [0.29, 0.717) is 31.6 Å². The molecule has 0 saturated carbocycles. The summed E-state index contributed by atoms with van der Waals surface area (Å²) in [7, 11) is 0. The van der Waals surface area contributed by atoms with Crippen LogP contribution in [0, 0.1) is 17.8 Å². The van der Waals surface area contributed by atoms with Gasteiger partial charge in [-0.2, -0.15) is 0 Å². The topological polar surface area (TPSA) is 102 Å². The third-order valence-corrected chi connectivity index (χ3v) is 10.7. The van der Waals surface area contributed by atoms with E-state index in [-0.39, 0.29) is 35.5 Å². The first-order chi connectivity index (χ1) is 18.3. The van der Waals surface area contributed by atoms with E-state index >= 15 is 0 Å². The Kier molecular flexibility index (Phi) is 9.29. The third-order valence-electron chi connectivity index (χ3n) is 8.67. The van der Waals surface area contributed by atoms with Crippen LogP contribution in [-0.4, -0.2) is 76.6 Å². The van der Waals surface area contributed by atoms with Crippen LogP contribution in [0.5, 0.6) is 0 Å². The highest BCUT2D eigenvalue weighted by Gasteiger charge is 2.75. The Morgan fingerprint density at radius 1 is 1.11 bits per heavy atom. The molecule has 0 aliphatic carbocycles. The number of aliphatic hydroxyl groups is 1. The molecular weight excluding hydrogens is 500 g/mol. The highest BCUT2D eigenvalue weighted by molar-refractivity contribution is 8.02. The van der Waals surface area contributed by atoms with E-state index in [4.69, 9.17) is 0 Å². The van der Waals surface area contributed by atoms with Gasteiger partial charge in [0.25, 0.3) is 0 Å². The summed E-state index contributed by atoms with van der Waals surface area (Å²) in [5.74, 6) is -1.04. The van der Waals surface area contributed by atoms with Crippen LogP contribution in [-0.2, 0) is 14.4 Å². The maximum atomic E-state index is 14.0. The largest absolute Gasteiger partial charge is 0.396 e. The van der Waals surface area contributed by atoms with Crippen molar-refractivity contribution in [2.75, 3.05) is 43.0 Å². The van der Waals surface area contributed by atoms with Gasteiger partial charge in [-0.3, -0.25) is 14.4 Å². The molecule has 4 rings (SSSR count). The number of carbonyl (C=O) groups excluding carboxylic acids is 3. The van der Waals surface area contributed by atoms with E-state index in [1.807, 2.05) is 31.2 Å². The van der Waals surface area contributed by atoms with Gasteiger partial charge in [-0.1, -0.05) is 13.8 Å². The number of likely N-dealkylation sites (tertiary alicyclic amines) is 1. The number of amides is 3. The van der Waals surface area contributed by atoms with Crippen LogP contribution < -0.4 is 15.5 Å². The number of nitrogens with zero attached hydrogens (tertiary/aromatic N) is 2. The number of thioether (sulfide) groups is 1. The number of benzene rings is 1. The summed E-state index contributed by atoms with van der Waals surface area (Å²) in [5, 5.41) is 15.4. The predicted octanol–water partition coefficient (Wildman–Crippen LogP) is 3.50. The van der Waals surface area contributed by atoms with Gasteiger partial charge in [0, 0.05) is 49.4 Å².